The van der Waals surface area contributed by atoms with E-state index in [0.717, 1.165) is 0 Å². The van der Waals surface area contributed by atoms with Gasteiger partial charge in [0.25, 0.3) is 0 Å². The van der Waals surface area contributed by atoms with Crippen molar-refractivity contribution in [3.63, 3.8) is 0 Å². The molecule has 1 aromatic rings. The maximum atomic E-state index is 10.9. The van der Waals surface area contributed by atoms with E-state index in [2.05, 4.69) is 10.3 Å². The fraction of sp³-hybridized carbons (Fsp3) is 0.222. The minimum absolute atomic E-state index is 0.0278. The molecule has 5 nitrogen and oxygen atoms in total. The molecule has 1 heterocycles. The van der Waals surface area contributed by atoms with Crippen LogP contribution >= 0.6 is 11.6 Å². The summed E-state index contributed by atoms with van der Waals surface area (Å²) in [5.41, 5.74) is 0.404. The molecule has 0 aliphatic heterocycles. The minimum atomic E-state index is -1.15. The van der Waals surface area contributed by atoms with E-state index in [9.17, 15) is 9.59 Å². The SMILES string of the molecule is CC(=O)Nc1nc(Cl)cc(C)c1C(=O)O. The van der Waals surface area contributed by atoms with Crippen LogP contribution in [-0.2, 0) is 4.79 Å². The van der Waals surface area contributed by atoms with Crippen molar-refractivity contribution >= 4 is 29.3 Å². The van der Waals surface area contributed by atoms with Crippen LogP contribution in [0.5, 0.6) is 0 Å². The van der Waals surface area contributed by atoms with Crippen LogP contribution < -0.4 is 5.32 Å². The highest BCUT2D eigenvalue weighted by molar-refractivity contribution is 6.29. The van der Waals surface area contributed by atoms with Crippen molar-refractivity contribution in [3.8, 4) is 0 Å². The number of carbonyl (C=O) groups is 2. The standard InChI is InChI=1S/C9H9ClN2O3/c1-4-3-6(10)12-8(11-5(2)13)7(4)9(14)15/h3H,1-2H3,(H,14,15)(H,11,12,13). The van der Waals surface area contributed by atoms with Gasteiger partial charge in [0.05, 0.1) is 0 Å². The van der Waals surface area contributed by atoms with Gasteiger partial charge in [0.15, 0.2) is 0 Å². The molecule has 2 N–H and O–H groups in total. The van der Waals surface area contributed by atoms with Crippen LogP contribution in [0.1, 0.15) is 22.8 Å². The molecule has 0 saturated carbocycles. The molecule has 15 heavy (non-hydrogen) atoms. The van der Waals surface area contributed by atoms with E-state index in [4.69, 9.17) is 16.7 Å². The Balaban J connectivity index is 3.33. The van der Waals surface area contributed by atoms with Crippen LogP contribution in [0.25, 0.3) is 0 Å². The Morgan fingerprint density at radius 3 is 2.60 bits per heavy atom. The second kappa shape index (κ2) is 4.27. The number of halogens is 1. The molecule has 0 radical (unpaired) electrons. The molecule has 0 spiro atoms. The van der Waals surface area contributed by atoms with E-state index < -0.39 is 11.9 Å². The first-order valence-corrected chi connectivity index (χ1v) is 4.47. The molecular weight excluding hydrogens is 220 g/mol. The van der Waals surface area contributed by atoms with Crippen molar-refractivity contribution in [2.24, 2.45) is 0 Å². The Kier molecular flexibility index (Phi) is 3.26. The van der Waals surface area contributed by atoms with Gasteiger partial charge in [0.1, 0.15) is 16.5 Å². The summed E-state index contributed by atoms with van der Waals surface area (Å²) in [6.45, 7) is 2.85. The van der Waals surface area contributed by atoms with Crippen molar-refractivity contribution in [2.45, 2.75) is 13.8 Å². The molecule has 0 bridgehead atoms. The molecule has 0 aliphatic rings. The Morgan fingerprint density at radius 1 is 1.53 bits per heavy atom. The lowest BCUT2D eigenvalue weighted by atomic mass is 10.1. The van der Waals surface area contributed by atoms with Crippen molar-refractivity contribution in [2.75, 3.05) is 5.32 Å². The van der Waals surface area contributed by atoms with Crippen LogP contribution in [0, 0.1) is 6.92 Å². The monoisotopic (exact) mass is 228 g/mol. The number of carboxylic acid groups (broad SMARTS) is 1. The van der Waals surface area contributed by atoms with E-state index >= 15 is 0 Å². The predicted molar refractivity (Wildman–Crippen MR) is 55.2 cm³/mol. The molecule has 0 saturated heterocycles. The zero-order chi connectivity index (χ0) is 11.6. The number of anilines is 1. The van der Waals surface area contributed by atoms with Gasteiger partial charge in [0, 0.05) is 6.92 Å². The summed E-state index contributed by atoms with van der Waals surface area (Å²) >= 11 is 5.65. The minimum Gasteiger partial charge on any atom is -0.478 e. The topological polar surface area (TPSA) is 79.3 Å². The molecule has 1 aromatic heterocycles. The molecule has 6 heteroatoms. The van der Waals surface area contributed by atoms with Crippen LogP contribution in [0.2, 0.25) is 5.15 Å². The Labute approximate surface area is 91.1 Å². The third-order valence-electron chi connectivity index (χ3n) is 1.69. The predicted octanol–water partition coefficient (Wildman–Crippen LogP) is 1.70. The van der Waals surface area contributed by atoms with Crippen LogP contribution in [0.3, 0.4) is 0 Å². The third kappa shape index (κ3) is 2.66. The smallest absolute Gasteiger partial charge is 0.339 e. The maximum absolute atomic E-state index is 10.9. The van der Waals surface area contributed by atoms with E-state index in [-0.39, 0.29) is 16.5 Å². The molecule has 80 valence electrons. The van der Waals surface area contributed by atoms with Crippen molar-refractivity contribution in [1.82, 2.24) is 4.98 Å². The molecule has 1 amide bonds. The molecule has 0 aliphatic carbocycles. The number of hydrogen-bond donors (Lipinski definition) is 2. The highest BCUT2D eigenvalue weighted by atomic mass is 35.5. The highest BCUT2D eigenvalue weighted by Crippen LogP contribution is 2.21. The first-order valence-electron chi connectivity index (χ1n) is 4.10. The number of nitrogens with zero attached hydrogens (tertiary/aromatic N) is 1. The van der Waals surface area contributed by atoms with Gasteiger partial charge in [-0.1, -0.05) is 11.6 Å². The van der Waals surface area contributed by atoms with Gasteiger partial charge in [-0.05, 0) is 18.6 Å². The van der Waals surface area contributed by atoms with Crippen LogP contribution in [0.4, 0.5) is 5.82 Å². The van der Waals surface area contributed by atoms with Gasteiger partial charge < -0.3 is 10.4 Å². The number of carboxylic acids is 1. The van der Waals surface area contributed by atoms with E-state index in [0.29, 0.717) is 5.56 Å². The second-order valence-corrected chi connectivity index (χ2v) is 3.36. The molecule has 1 rings (SSSR count). The normalized spacial score (nSPS) is 9.80. The average Bonchev–Trinajstić information content (AvgIpc) is 1.99. The first-order chi connectivity index (χ1) is 6.91. The second-order valence-electron chi connectivity index (χ2n) is 2.97. The Bertz CT molecular complexity index is 432. The summed E-state index contributed by atoms with van der Waals surface area (Å²) in [4.78, 5) is 25.5. The summed E-state index contributed by atoms with van der Waals surface area (Å²) in [6, 6.07) is 1.43. The van der Waals surface area contributed by atoms with E-state index in [1.165, 1.54) is 13.0 Å². The number of aromatic nitrogens is 1. The van der Waals surface area contributed by atoms with E-state index in [1.54, 1.807) is 6.92 Å². The Hall–Kier alpha value is -1.62. The summed E-state index contributed by atoms with van der Waals surface area (Å²) in [5.74, 6) is -1.58. The van der Waals surface area contributed by atoms with Crippen molar-refractivity contribution in [3.05, 3.63) is 22.3 Å². The number of hydrogen-bond acceptors (Lipinski definition) is 3. The third-order valence-corrected chi connectivity index (χ3v) is 1.89. The molecular formula is C9H9ClN2O3. The van der Waals surface area contributed by atoms with Gasteiger partial charge in [0.2, 0.25) is 5.91 Å². The van der Waals surface area contributed by atoms with Crippen LogP contribution in [-0.4, -0.2) is 22.0 Å². The average molecular weight is 229 g/mol. The molecule has 0 aromatic carbocycles. The molecule has 0 unspecified atom stereocenters. The number of pyridine rings is 1. The van der Waals surface area contributed by atoms with Gasteiger partial charge in [-0.15, -0.1) is 0 Å². The summed E-state index contributed by atoms with van der Waals surface area (Å²) in [7, 11) is 0. The lowest BCUT2D eigenvalue weighted by Gasteiger charge is -2.08. The summed E-state index contributed by atoms with van der Waals surface area (Å²) in [5, 5.41) is 11.4. The number of aryl methyl sites for hydroxylation is 1. The van der Waals surface area contributed by atoms with Crippen molar-refractivity contribution < 1.29 is 14.7 Å². The number of nitrogens with one attached hydrogen (secondary N) is 1. The lowest BCUT2D eigenvalue weighted by Crippen LogP contribution is -2.14. The molecule has 0 atom stereocenters. The van der Waals surface area contributed by atoms with Gasteiger partial charge in [-0.3, -0.25) is 4.79 Å². The van der Waals surface area contributed by atoms with Gasteiger partial charge >= 0.3 is 5.97 Å². The number of amides is 1. The summed E-state index contributed by atoms with van der Waals surface area (Å²) in [6.07, 6.45) is 0. The number of aromatic carboxylic acids is 1. The zero-order valence-electron chi connectivity index (χ0n) is 8.17. The quantitative estimate of drug-likeness (QED) is 0.755. The fourth-order valence-electron chi connectivity index (χ4n) is 1.16. The van der Waals surface area contributed by atoms with Crippen LogP contribution in [0.15, 0.2) is 6.07 Å². The summed E-state index contributed by atoms with van der Waals surface area (Å²) < 4.78 is 0. The zero-order valence-corrected chi connectivity index (χ0v) is 8.92. The van der Waals surface area contributed by atoms with Gasteiger partial charge in [-0.25, -0.2) is 9.78 Å². The Morgan fingerprint density at radius 2 is 2.13 bits per heavy atom. The lowest BCUT2D eigenvalue weighted by molar-refractivity contribution is -0.114. The first kappa shape index (κ1) is 11.5. The number of rotatable bonds is 2. The van der Waals surface area contributed by atoms with Gasteiger partial charge in [-0.2, -0.15) is 0 Å². The number of carbonyl (C=O) groups excluding carboxylic acids is 1. The fourth-order valence-corrected chi connectivity index (χ4v) is 1.41. The molecule has 0 fully saturated rings. The van der Waals surface area contributed by atoms with E-state index in [1.807, 2.05) is 0 Å². The van der Waals surface area contributed by atoms with Crippen molar-refractivity contribution in [1.29, 1.82) is 0 Å². The maximum Gasteiger partial charge on any atom is 0.339 e. The highest BCUT2D eigenvalue weighted by Gasteiger charge is 2.16. The largest absolute Gasteiger partial charge is 0.478 e.